The first-order valence-electron chi connectivity index (χ1n) is 7.30. The number of nitrogens with zero attached hydrogens (tertiary/aromatic N) is 2. The molecule has 0 aliphatic rings. The van der Waals surface area contributed by atoms with E-state index in [1.54, 1.807) is 11.8 Å². The molecule has 2 aromatic rings. The minimum absolute atomic E-state index is 0.155. The van der Waals surface area contributed by atoms with Crippen LogP contribution in [-0.2, 0) is 6.54 Å². The number of rotatable bonds is 7. The molecule has 0 aliphatic heterocycles. The summed E-state index contributed by atoms with van der Waals surface area (Å²) in [7, 11) is 0. The van der Waals surface area contributed by atoms with Gasteiger partial charge in [0.2, 0.25) is 0 Å². The Kier molecular flexibility index (Phi) is 6.33. The van der Waals surface area contributed by atoms with Gasteiger partial charge in [-0.15, -0.1) is 11.8 Å². The predicted molar refractivity (Wildman–Crippen MR) is 94.0 cm³/mol. The van der Waals surface area contributed by atoms with Crippen molar-refractivity contribution in [2.45, 2.75) is 37.8 Å². The Balaban J connectivity index is 2.51. The highest BCUT2D eigenvalue weighted by atomic mass is 79.9. The molecule has 1 atom stereocenters. The zero-order chi connectivity index (χ0) is 15.2. The van der Waals surface area contributed by atoms with Gasteiger partial charge in [-0.25, -0.2) is 0 Å². The molecule has 0 fully saturated rings. The number of aromatic nitrogens is 2. The van der Waals surface area contributed by atoms with Gasteiger partial charge in [0.05, 0.1) is 22.4 Å². The van der Waals surface area contributed by atoms with Crippen LogP contribution in [0.2, 0.25) is 0 Å². The van der Waals surface area contributed by atoms with Crippen LogP contribution in [0.5, 0.6) is 0 Å². The maximum atomic E-state index is 4.51. The molecule has 1 unspecified atom stereocenters. The zero-order valence-corrected chi connectivity index (χ0v) is 15.2. The van der Waals surface area contributed by atoms with E-state index in [0.717, 1.165) is 24.0 Å². The maximum absolute atomic E-state index is 4.51. The van der Waals surface area contributed by atoms with Gasteiger partial charge in [-0.3, -0.25) is 4.68 Å². The molecular weight excluding hydrogens is 346 g/mol. The van der Waals surface area contributed by atoms with E-state index in [1.165, 1.54) is 16.2 Å². The molecule has 0 aliphatic carbocycles. The van der Waals surface area contributed by atoms with Crippen molar-refractivity contribution in [1.29, 1.82) is 0 Å². The average molecular weight is 368 g/mol. The molecule has 3 nitrogen and oxygen atoms in total. The number of hydrogen-bond acceptors (Lipinski definition) is 3. The summed E-state index contributed by atoms with van der Waals surface area (Å²) in [6, 6.07) is 8.74. The summed E-state index contributed by atoms with van der Waals surface area (Å²) in [5.41, 5.74) is 2.52. The van der Waals surface area contributed by atoms with Crippen LogP contribution in [-0.4, -0.2) is 22.6 Å². The molecule has 1 N–H and O–H groups in total. The van der Waals surface area contributed by atoms with E-state index >= 15 is 0 Å². The number of halogens is 1. The van der Waals surface area contributed by atoms with Crippen LogP contribution in [0, 0.1) is 0 Å². The third kappa shape index (κ3) is 3.71. The Hall–Kier alpha value is -0.780. The molecular formula is C16H22BrN3S. The normalized spacial score (nSPS) is 12.6. The fraction of sp³-hybridized carbons (Fsp3) is 0.438. The van der Waals surface area contributed by atoms with E-state index in [0.29, 0.717) is 0 Å². The van der Waals surface area contributed by atoms with Gasteiger partial charge in [-0.2, -0.15) is 5.10 Å². The highest BCUT2D eigenvalue weighted by Gasteiger charge is 2.22. The van der Waals surface area contributed by atoms with Crippen LogP contribution in [0.3, 0.4) is 0 Å². The van der Waals surface area contributed by atoms with Crippen LogP contribution in [0.25, 0.3) is 0 Å². The van der Waals surface area contributed by atoms with Crippen molar-refractivity contribution < 1.29 is 0 Å². The van der Waals surface area contributed by atoms with Gasteiger partial charge in [-0.05, 0) is 46.8 Å². The molecule has 0 amide bonds. The summed E-state index contributed by atoms with van der Waals surface area (Å²) < 4.78 is 3.17. The zero-order valence-electron chi connectivity index (χ0n) is 12.8. The maximum Gasteiger partial charge on any atom is 0.0770 e. The SMILES string of the molecule is CCCn1ncc(Br)c1C(NCC)c1ccccc1SC. The van der Waals surface area contributed by atoms with Crippen LogP contribution in [0.4, 0.5) is 0 Å². The number of hydrogen-bond donors (Lipinski definition) is 1. The van der Waals surface area contributed by atoms with E-state index < -0.39 is 0 Å². The molecule has 2 rings (SSSR count). The molecule has 0 spiro atoms. The van der Waals surface area contributed by atoms with Gasteiger partial charge >= 0.3 is 0 Å². The predicted octanol–water partition coefficient (Wildman–Crippen LogP) is 4.48. The molecule has 0 saturated heterocycles. The van der Waals surface area contributed by atoms with Crippen molar-refractivity contribution in [3.63, 3.8) is 0 Å². The summed E-state index contributed by atoms with van der Waals surface area (Å²) in [5, 5.41) is 8.12. The summed E-state index contributed by atoms with van der Waals surface area (Å²) >= 11 is 5.46. The fourth-order valence-electron chi connectivity index (χ4n) is 2.51. The van der Waals surface area contributed by atoms with Crippen molar-refractivity contribution in [3.05, 3.63) is 46.2 Å². The lowest BCUT2D eigenvalue weighted by atomic mass is 10.0. The molecule has 21 heavy (non-hydrogen) atoms. The average Bonchev–Trinajstić information content (AvgIpc) is 2.86. The van der Waals surface area contributed by atoms with Crippen LogP contribution in [0.15, 0.2) is 39.8 Å². The van der Waals surface area contributed by atoms with E-state index in [-0.39, 0.29) is 6.04 Å². The highest BCUT2D eigenvalue weighted by molar-refractivity contribution is 9.10. The van der Waals surface area contributed by atoms with E-state index in [1.807, 2.05) is 6.20 Å². The first-order chi connectivity index (χ1) is 10.2. The topological polar surface area (TPSA) is 29.9 Å². The molecule has 1 aromatic carbocycles. The summed E-state index contributed by atoms with van der Waals surface area (Å²) in [5.74, 6) is 0. The largest absolute Gasteiger partial charge is 0.305 e. The molecule has 1 heterocycles. The molecule has 114 valence electrons. The fourth-order valence-corrected chi connectivity index (χ4v) is 3.67. The second kappa shape index (κ2) is 8.01. The standard InChI is InChI=1S/C16H22BrN3S/c1-4-10-20-16(13(17)11-19-20)15(18-5-2)12-8-6-7-9-14(12)21-3/h6-9,11,15,18H,4-5,10H2,1-3H3. The van der Waals surface area contributed by atoms with Crippen molar-refractivity contribution in [1.82, 2.24) is 15.1 Å². The Morgan fingerprint density at radius 3 is 2.76 bits per heavy atom. The van der Waals surface area contributed by atoms with E-state index in [4.69, 9.17) is 0 Å². The second-order valence-corrected chi connectivity index (χ2v) is 6.54. The van der Waals surface area contributed by atoms with Crippen LogP contribution in [0.1, 0.15) is 37.6 Å². The van der Waals surface area contributed by atoms with Crippen molar-refractivity contribution in [3.8, 4) is 0 Å². The van der Waals surface area contributed by atoms with Gasteiger partial charge in [0.15, 0.2) is 0 Å². The summed E-state index contributed by atoms with van der Waals surface area (Å²) in [6.07, 6.45) is 5.10. The van der Waals surface area contributed by atoms with Gasteiger partial charge < -0.3 is 5.32 Å². The van der Waals surface area contributed by atoms with Gasteiger partial charge in [0.1, 0.15) is 0 Å². The van der Waals surface area contributed by atoms with Crippen molar-refractivity contribution in [2.75, 3.05) is 12.8 Å². The first-order valence-corrected chi connectivity index (χ1v) is 9.32. The molecule has 0 bridgehead atoms. The Morgan fingerprint density at radius 2 is 2.10 bits per heavy atom. The summed E-state index contributed by atoms with van der Waals surface area (Å²) in [4.78, 5) is 1.31. The number of aryl methyl sites for hydroxylation is 1. The molecule has 0 radical (unpaired) electrons. The van der Waals surface area contributed by atoms with Crippen LogP contribution >= 0.6 is 27.7 Å². The van der Waals surface area contributed by atoms with Crippen LogP contribution < -0.4 is 5.32 Å². The molecule has 5 heteroatoms. The van der Waals surface area contributed by atoms with Crippen molar-refractivity contribution >= 4 is 27.7 Å². The third-order valence-corrected chi connectivity index (χ3v) is 4.82. The molecule has 1 aromatic heterocycles. The minimum Gasteiger partial charge on any atom is -0.305 e. The second-order valence-electron chi connectivity index (χ2n) is 4.83. The number of nitrogens with one attached hydrogen (secondary N) is 1. The van der Waals surface area contributed by atoms with E-state index in [9.17, 15) is 0 Å². The Morgan fingerprint density at radius 1 is 1.33 bits per heavy atom. The quantitative estimate of drug-likeness (QED) is 0.731. The van der Waals surface area contributed by atoms with Gasteiger partial charge in [0.25, 0.3) is 0 Å². The minimum atomic E-state index is 0.155. The molecule has 0 saturated carbocycles. The van der Waals surface area contributed by atoms with E-state index in [2.05, 4.69) is 75.4 Å². The Bertz CT molecular complexity index is 583. The smallest absolute Gasteiger partial charge is 0.0770 e. The Labute approximate surface area is 139 Å². The number of benzene rings is 1. The lowest BCUT2D eigenvalue weighted by molar-refractivity contribution is 0.516. The van der Waals surface area contributed by atoms with Gasteiger partial charge in [0, 0.05) is 11.4 Å². The van der Waals surface area contributed by atoms with Crippen molar-refractivity contribution in [2.24, 2.45) is 0 Å². The third-order valence-electron chi connectivity index (χ3n) is 3.40. The lowest BCUT2D eigenvalue weighted by Gasteiger charge is -2.22. The summed E-state index contributed by atoms with van der Waals surface area (Å²) in [6.45, 7) is 6.17. The highest BCUT2D eigenvalue weighted by Crippen LogP contribution is 2.33. The first kappa shape index (κ1) is 16.6. The lowest BCUT2D eigenvalue weighted by Crippen LogP contribution is -2.26. The number of thioether (sulfide) groups is 1. The van der Waals surface area contributed by atoms with Gasteiger partial charge in [-0.1, -0.05) is 32.0 Å². The monoisotopic (exact) mass is 367 g/mol.